The molecular formula is C25H34N2O6. The van der Waals surface area contributed by atoms with Gasteiger partial charge >= 0.3 is 0 Å². The second-order valence-corrected chi connectivity index (χ2v) is 7.92. The van der Waals surface area contributed by atoms with Crippen molar-refractivity contribution in [2.45, 2.75) is 25.4 Å². The highest BCUT2D eigenvalue weighted by Crippen LogP contribution is 2.38. The lowest BCUT2D eigenvalue weighted by atomic mass is 10.1. The van der Waals surface area contributed by atoms with Gasteiger partial charge in [0, 0.05) is 37.9 Å². The largest absolute Gasteiger partial charge is 0.493 e. The second-order valence-electron chi connectivity index (χ2n) is 7.92. The van der Waals surface area contributed by atoms with E-state index in [0.717, 1.165) is 43.9 Å². The highest BCUT2D eigenvalue weighted by Gasteiger charge is 2.18. The lowest BCUT2D eigenvalue weighted by Gasteiger charge is -2.31. The molecule has 1 amide bonds. The molecule has 1 fully saturated rings. The molecule has 0 aliphatic carbocycles. The van der Waals surface area contributed by atoms with Gasteiger partial charge in [-0.15, -0.1) is 0 Å². The average Bonchev–Trinajstić information content (AvgIpc) is 2.87. The number of ether oxygens (including phenoxy) is 5. The van der Waals surface area contributed by atoms with E-state index in [9.17, 15) is 4.79 Å². The van der Waals surface area contributed by atoms with Crippen LogP contribution in [0.3, 0.4) is 0 Å². The van der Waals surface area contributed by atoms with Crippen molar-refractivity contribution in [1.82, 2.24) is 10.2 Å². The first-order valence-electron chi connectivity index (χ1n) is 11.1. The summed E-state index contributed by atoms with van der Waals surface area (Å²) in [6.07, 6.45) is 2.13. The Morgan fingerprint density at radius 3 is 2.39 bits per heavy atom. The summed E-state index contributed by atoms with van der Waals surface area (Å²) in [6.45, 7) is 3.50. The van der Waals surface area contributed by atoms with E-state index >= 15 is 0 Å². The zero-order valence-electron chi connectivity index (χ0n) is 19.9. The van der Waals surface area contributed by atoms with Crippen LogP contribution in [0, 0.1) is 0 Å². The van der Waals surface area contributed by atoms with Crippen LogP contribution < -0.4 is 24.3 Å². The highest BCUT2D eigenvalue weighted by atomic mass is 16.5. The van der Waals surface area contributed by atoms with Crippen LogP contribution in [0.4, 0.5) is 0 Å². The van der Waals surface area contributed by atoms with Crippen LogP contribution in [0.1, 0.15) is 28.8 Å². The molecule has 0 bridgehead atoms. The number of amides is 1. The average molecular weight is 459 g/mol. The Balaban J connectivity index is 1.53. The van der Waals surface area contributed by atoms with E-state index in [2.05, 4.69) is 17.3 Å². The molecule has 2 aromatic rings. The Hall–Kier alpha value is -2.97. The van der Waals surface area contributed by atoms with Crippen molar-refractivity contribution >= 4 is 5.91 Å². The smallest absolute Gasteiger partial charge is 0.251 e. The van der Waals surface area contributed by atoms with Gasteiger partial charge in [0.2, 0.25) is 5.75 Å². The predicted molar refractivity (Wildman–Crippen MR) is 126 cm³/mol. The number of nitrogens with one attached hydrogen (secondary N) is 1. The van der Waals surface area contributed by atoms with Crippen LogP contribution in [0.25, 0.3) is 0 Å². The first-order valence-corrected chi connectivity index (χ1v) is 11.1. The van der Waals surface area contributed by atoms with Crippen LogP contribution in [0.15, 0.2) is 36.4 Å². The molecule has 8 heteroatoms. The van der Waals surface area contributed by atoms with Gasteiger partial charge in [-0.05, 0) is 49.7 Å². The molecule has 0 unspecified atom stereocenters. The summed E-state index contributed by atoms with van der Waals surface area (Å²) in [7, 11) is 6.70. The maximum Gasteiger partial charge on any atom is 0.251 e. The molecule has 1 saturated heterocycles. The summed E-state index contributed by atoms with van der Waals surface area (Å²) in [5.41, 5.74) is 1.37. The molecular weight excluding hydrogens is 424 g/mol. The van der Waals surface area contributed by atoms with Crippen molar-refractivity contribution in [3.63, 3.8) is 0 Å². The summed E-state index contributed by atoms with van der Waals surface area (Å²) in [5.74, 6) is 1.86. The van der Waals surface area contributed by atoms with Crippen LogP contribution in [0.2, 0.25) is 0 Å². The van der Waals surface area contributed by atoms with Crippen molar-refractivity contribution in [2.75, 3.05) is 54.7 Å². The number of likely N-dealkylation sites (N-methyl/N-ethyl adjacent to an activating group) is 1. The lowest BCUT2D eigenvalue weighted by Crippen LogP contribution is -2.38. The van der Waals surface area contributed by atoms with Gasteiger partial charge in [-0.3, -0.25) is 9.69 Å². The lowest BCUT2D eigenvalue weighted by molar-refractivity contribution is 0.0392. The molecule has 3 rings (SSSR count). The zero-order chi connectivity index (χ0) is 23.6. The molecule has 8 nitrogen and oxygen atoms in total. The van der Waals surface area contributed by atoms with E-state index in [1.54, 1.807) is 12.1 Å². The molecule has 33 heavy (non-hydrogen) atoms. The number of hydrogen-bond donors (Lipinski definition) is 1. The fourth-order valence-corrected chi connectivity index (χ4v) is 3.86. The fraction of sp³-hybridized carbons (Fsp3) is 0.480. The van der Waals surface area contributed by atoms with Crippen molar-refractivity contribution in [2.24, 2.45) is 0 Å². The summed E-state index contributed by atoms with van der Waals surface area (Å²) in [6, 6.07) is 11.6. The maximum absolute atomic E-state index is 12.7. The minimum atomic E-state index is -0.237. The van der Waals surface area contributed by atoms with Crippen molar-refractivity contribution in [1.29, 1.82) is 0 Å². The molecule has 1 heterocycles. The van der Waals surface area contributed by atoms with E-state index in [1.807, 2.05) is 24.3 Å². The first-order chi connectivity index (χ1) is 16.0. The summed E-state index contributed by atoms with van der Waals surface area (Å²) in [5, 5.41) is 2.93. The number of benzene rings is 2. The predicted octanol–water partition coefficient (Wildman–Crippen LogP) is 3.13. The molecule has 2 aromatic carbocycles. The van der Waals surface area contributed by atoms with E-state index < -0.39 is 0 Å². The molecule has 0 atom stereocenters. The maximum atomic E-state index is 12.7. The normalized spacial score (nSPS) is 14.1. The summed E-state index contributed by atoms with van der Waals surface area (Å²) in [4.78, 5) is 15.1. The molecule has 180 valence electrons. The zero-order valence-corrected chi connectivity index (χ0v) is 19.9. The van der Waals surface area contributed by atoms with E-state index in [0.29, 0.717) is 42.0 Å². The quantitative estimate of drug-likeness (QED) is 0.554. The molecule has 1 aliphatic heterocycles. The van der Waals surface area contributed by atoms with Crippen LogP contribution >= 0.6 is 0 Å². The van der Waals surface area contributed by atoms with Crippen molar-refractivity contribution in [3.05, 3.63) is 47.5 Å². The Morgan fingerprint density at radius 1 is 1.06 bits per heavy atom. The van der Waals surface area contributed by atoms with Gasteiger partial charge < -0.3 is 29.0 Å². The van der Waals surface area contributed by atoms with Gasteiger partial charge in [-0.25, -0.2) is 0 Å². The SMILES string of the molecule is COc1cc(C(=O)NCc2cccc(OCCN(C)C3CCOCC3)c2)cc(OC)c1OC. The Labute approximate surface area is 195 Å². The number of methoxy groups -OCH3 is 3. The Kier molecular flexibility index (Phi) is 9.21. The van der Waals surface area contributed by atoms with Gasteiger partial charge in [-0.1, -0.05) is 12.1 Å². The number of carbonyl (C=O) groups is 1. The Morgan fingerprint density at radius 2 is 1.76 bits per heavy atom. The van der Waals surface area contributed by atoms with Gasteiger partial charge in [0.05, 0.1) is 21.3 Å². The molecule has 0 radical (unpaired) electrons. The van der Waals surface area contributed by atoms with Crippen LogP contribution in [0.5, 0.6) is 23.0 Å². The minimum Gasteiger partial charge on any atom is -0.493 e. The highest BCUT2D eigenvalue weighted by molar-refractivity contribution is 5.95. The third-order valence-corrected chi connectivity index (χ3v) is 5.81. The van der Waals surface area contributed by atoms with Gasteiger partial charge in [-0.2, -0.15) is 0 Å². The van der Waals surface area contributed by atoms with Gasteiger partial charge in [0.25, 0.3) is 5.91 Å². The van der Waals surface area contributed by atoms with E-state index in [1.165, 1.54) is 21.3 Å². The molecule has 0 spiro atoms. The number of rotatable bonds is 11. The first kappa shape index (κ1) is 24.7. The fourth-order valence-electron chi connectivity index (χ4n) is 3.86. The molecule has 0 saturated carbocycles. The van der Waals surface area contributed by atoms with E-state index in [-0.39, 0.29) is 5.91 Å². The van der Waals surface area contributed by atoms with Crippen molar-refractivity contribution in [3.8, 4) is 23.0 Å². The Bertz CT molecular complexity index is 889. The third-order valence-electron chi connectivity index (χ3n) is 5.81. The minimum absolute atomic E-state index is 0.237. The van der Waals surface area contributed by atoms with Gasteiger partial charge in [0.1, 0.15) is 12.4 Å². The van der Waals surface area contributed by atoms with Crippen LogP contribution in [-0.4, -0.2) is 71.6 Å². The molecule has 0 aromatic heterocycles. The number of hydrogen-bond acceptors (Lipinski definition) is 7. The topological polar surface area (TPSA) is 78.5 Å². The van der Waals surface area contributed by atoms with Gasteiger partial charge in [0.15, 0.2) is 11.5 Å². The third kappa shape index (κ3) is 6.76. The second kappa shape index (κ2) is 12.3. The van der Waals surface area contributed by atoms with E-state index in [4.69, 9.17) is 23.7 Å². The molecule has 1 aliphatic rings. The molecule has 1 N–H and O–H groups in total. The summed E-state index contributed by atoms with van der Waals surface area (Å²) >= 11 is 0. The number of carbonyl (C=O) groups excluding carboxylic acids is 1. The standard InChI is InChI=1S/C25H34N2O6/c1-27(20-8-11-32-12-9-20)10-13-33-21-7-5-6-18(14-21)17-26-25(28)19-15-22(29-2)24(31-4)23(16-19)30-3/h5-7,14-16,20H,8-13,17H2,1-4H3,(H,26,28). The van der Waals surface area contributed by atoms with Crippen molar-refractivity contribution < 1.29 is 28.5 Å². The summed E-state index contributed by atoms with van der Waals surface area (Å²) < 4.78 is 27.4. The van der Waals surface area contributed by atoms with Crippen LogP contribution in [-0.2, 0) is 11.3 Å². The monoisotopic (exact) mass is 458 g/mol. The number of nitrogens with zero attached hydrogens (tertiary/aromatic N) is 1.